The third-order valence-electron chi connectivity index (χ3n) is 2.78. The number of phenolic OH excluding ortho intramolecular Hbond substituents is 1. The number of aromatic hydroxyl groups is 1. The number of benzene rings is 2. The van der Waals surface area contributed by atoms with E-state index in [0.29, 0.717) is 5.75 Å². The maximum Gasteiger partial charge on any atom is 0.124 e. The lowest BCUT2D eigenvalue weighted by atomic mass is 10.00. The van der Waals surface area contributed by atoms with Crippen LogP contribution in [-0.2, 0) is 6.42 Å². The summed E-state index contributed by atoms with van der Waals surface area (Å²) in [6.07, 6.45) is 2.11. The second-order valence-electron chi connectivity index (χ2n) is 4.05. The number of aryl methyl sites for hydroxylation is 1. The van der Waals surface area contributed by atoms with Crippen LogP contribution in [0.5, 0.6) is 5.75 Å². The molecule has 0 atom stereocenters. The van der Waals surface area contributed by atoms with Gasteiger partial charge in [0.1, 0.15) is 5.75 Å². The van der Waals surface area contributed by atoms with Gasteiger partial charge in [-0.05, 0) is 39.5 Å². The van der Waals surface area contributed by atoms with Gasteiger partial charge in [-0.3, -0.25) is 0 Å². The van der Waals surface area contributed by atoms with Crippen molar-refractivity contribution in [1.29, 1.82) is 0 Å². The van der Waals surface area contributed by atoms with Crippen LogP contribution in [0.4, 0.5) is 0 Å². The molecule has 0 saturated carbocycles. The zero-order valence-corrected chi connectivity index (χ0v) is 11.4. The third kappa shape index (κ3) is 2.52. The van der Waals surface area contributed by atoms with Crippen molar-refractivity contribution in [1.82, 2.24) is 0 Å². The fourth-order valence-electron chi connectivity index (χ4n) is 1.95. The summed E-state index contributed by atoms with van der Waals surface area (Å²) in [5.74, 6) is 0.322. The maximum absolute atomic E-state index is 10.0. The molecular formula is C15H15BrO. The van der Waals surface area contributed by atoms with Crippen molar-refractivity contribution >= 4 is 15.9 Å². The molecule has 17 heavy (non-hydrogen) atoms. The first-order valence-electron chi connectivity index (χ1n) is 5.79. The lowest BCUT2D eigenvalue weighted by molar-refractivity contribution is 0.476. The number of rotatable bonds is 3. The van der Waals surface area contributed by atoms with Gasteiger partial charge in [0, 0.05) is 10.0 Å². The predicted octanol–water partition coefficient (Wildman–Crippen LogP) is 4.77. The summed E-state index contributed by atoms with van der Waals surface area (Å²) in [5, 5.41) is 10.0. The van der Waals surface area contributed by atoms with E-state index in [4.69, 9.17) is 0 Å². The van der Waals surface area contributed by atoms with Gasteiger partial charge in [-0.1, -0.05) is 49.7 Å². The van der Waals surface area contributed by atoms with E-state index in [9.17, 15) is 5.11 Å². The fraction of sp³-hybridized carbons (Fsp3) is 0.200. The highest BCUT2D eigenvalue weighted by Crippen LogP contribution is 2.38. The molecule has 1 nitrogen and oxygen atoms in total. The van der Waals surface area contributed by atoms with E-state index in [1.54, 1.807) is 6.07 Å². The van der Waals surface area contributed by atoms with Gasteiger partial charge < -0.3 is 5.11 Å². The Morgan fingerprint density at radius 1 is 1.06 bits per heavy atom. The summed E-state index contributed by atoms with van der Waals surface area (Å²) < 4.78 is 1.01. The van der Waals surface area contributed by atoms with Crippen LogP contribution in [0.2, 0.25) is 0 Å². The van der Waals surface area contributed by atoms with Gasteiger partial charge in [0.05, 0.1) is 0 Å². The largest absolute Gasteiger partial charge is 0.507 e. The second kappa shape index (κ2) is 5.37. The normalized spacial score (nSPS) is 10.5. The molecule has 2 aromatic carbocycles. The van der Waals surface area contributed by atoms with E-state index in [2.05, 4.69) is 22.9 Å². The molecule has 0 heterocycles. The average molecular weight is 291 g/mol. The molecule has 2 aromatic rings. The van der Waals surface area contributed by atoms with Crippen molar-refractivity contribution in [3.05, 3.63) is 52.5 Å². The van der Waals surface area contributed by atoms with Gasteiger partial charge in [0.25, 0.3) is 0 Å². The first-order chi connectivity index (χ1) is 8.24. The molecule has 0 aliphatic rings. The van der Waals surface area contributed by atoms with Crippen molar-refractivity contribution in [2.75, 3.05) is 0 Å². The molecular weight excluding hydrogens is 276 g/mol. The van der Waals surface area contributed by atoms with Crippen molar-refractivity contribution in [2.45, 2.75) is 19.8 Å². The number of phenols is 1. The molecule has 0 aliphatic heterocycles. The Hall–Kier alpha value is -1.28. The molecule has 2 heteroatoms. The van der Waals surface area contributed by atoms with Crippen molar-refractivity contribution in [2.24, 2.45) is 0 Å². The summed E-state index contributed by atoms with van der Waals surface area (Å²) in [4.78, 5) is 0. The molecule has 2 rings (SSSR count). The summed E-state index contributed by atoms with van der Waals surface area (Å²) in [6, 6.07) is 13.7. The number of hydrogen-bond donors (Lipinski definition) is 1. The second-order valence-corrected chi connectivity index (χ2v) is 4.84. The minimum Gasteiger partial charge on any atom is -0.507 e. The van der Waals surface area contributed by atoms with Crippen molar-refractivity contribution in [3.8, 4) is 16.9 Å². The quantitative estimate of drug-likeness (QED) is 0.863. The third-order valence-corrected chi connectivity index (χ3v) is 3.69. The Morgan fingerprint density at radius 3 is 2.41 bits per heavy atom. The van der Waals surface area contributed by atoms with Crippen LogP contribution >= 0.6 is 15.9 Å². The van der Waals surface area contributed by atoms with Crippen molar-refractivity contribution < 1.29 is 5.11 Å². The van der Waals surface area contributed by atoms with Gasteiger partial charge in [-0.25, -0.2) is 0 Å². The zero-order chi connectivity index (χ0) is 12.3. The van der Waals surface area contributed by atoms with Gasteiger partial charge in [-0.15, -0.1) is 0 Å². The molecule has 0 spiro atoms. The predicted molar refractivity (Wildman–Crippen MR) is 75.2 cm³/mol. The van der Waals surface area contributed by atoms with E-state index < -0.39 is 0 Å². The Kier molecular flexibility index (Phi) is 3.85. The van der Waals surface area contributed by atoms with Gasteiger partial charge >= 0.3 is 0 Å². The lowest BCUT2D eigenvalue weighted by Crippen LogP contribution is -1.89. The molecule has 0 radical (unpaired) electrons. The SMILES string of the molecule is CCCc1ccc(O)c(-c2ccccc2)c1Br. The van der Waals surface area contributed by atoms with Crippen LogP contribution in [0, 0.1) is 0 Å². The lowest BCUT2D eigenvalue weighted by Gasteiger charge is -2.11. The molecule has 0 aromatic heterocycles. The Labute approximate surface area is 110 Å². The molecule has 0 aliphatic carbocycles. The van der Waals surface area contributed by atoms with E-state index in [0.717, 1.165) is 28.4 Å². The molecule has 0 amide bonds. The van der Waals surface area contributed by atoms with Gasteiger partial charge in [-0.2, -0.15) is 0 Å². The number of hydrogen-bond acceptors (Lipinski definition) is 1. The van der Waals surface area contributed by atoms with Crippen LogP contribution < -0.4 is 0 Å². The molecule has 1 N–H and O–H groups in total. The molecule has 0 saturated heterocycles. The van der Waals surface area contributed by atoms with Crippen molar-refractivity contribution in [3.63, 3.8) is 0 Å². The highest BCUT2D eigenvalue weighted by Gasteiger charge is 2.11. The van der Waals surface area contributed by atoms with Crippen LogP contribution in [0.3, 0.4) is 0 Å². The monoisotopic (exact) mass is 290 g/mol. The highest BCUT2D eigenvalue weighted by atomic mass is 79.9. The topological polar surface area (TPSA) is 20.2 Å². The maximum atomic E-state index is 10.0. The standard InChI is InChI=1S/C15H15BrO/c1-2-6-12-9-10-13(17)14(15(12)16)11-7-4-3-5-8-11/h3-5,7-10,17H,2,6H2,1H3. The van der Waals surface area contributed by atoms with E-state index in [1.807, 2.05) is 36.4 Å². The minimum atomic E-state index is 0.322. The van der Waals surface area contributed by atoms with E-state index in [1.165, 1.54) is 5.56 Å². The van der Waals surface area contributed by atoms with Crippen LogP contribution in [0.25, 0.3) is 11.1 Å². The molecule has 88 valence electrons. The summed E-state index contributed by atoms with van der Waals surface area (Å²) in [5.41, 5.74) is 3.16. The summed E-state index contributed by atoms with van der Waals surface area (Å²) in [6.45, 7) is 2.15. The first-order valence-corrected chi connectivity index (χ1v) is 6.59. The highest BCUT2D eigenvalue weighted by molar-refractivity contribution is 9.10. The molecule has 0 bridgehead atoms. The Bertz CT molecular complexity index is 506. The average Bonchev–Trinajstić information content (AvgIpc) is 2.35. The summed E-state index contributed by atoms with van der Waals surface area (Å²) >= 11 is 3.61. The molecule has 0 unspecified atom stereocenters. The fourth-order valence-corrected chi connectivity index (χ4v) is 2.71. The molecule has 0 fully saturated rings. The van der Waals surface area contributed by atoms with Crippen LogP contribution in [0.15, 0.2) is 46.9 Å². The Balaban J connectivity index is 2.56. The Morgan fingerprint density at radius 2 is 1.76 bits per heavy atom. The van der Waals surface area contributed by atoms with E-state index >= 15 is 0 Å². The first kappa shape index (κ1) is 12.2. The van der Waals surface area contributed by atoms with Gasteiger partial charge in [0.2, 0.25) is 0 Å². The smallest absolute Gasteiger partial charge is 0.124 e. The van der Waals surface area contributed by atoms with Crippen LogP contribution in [-0.4, -0.2) is 5.11 Å². The van der Waals surface area contributed by atoms with E-state index in [-0.39, 0.29) is 0 Å². The van der Waals surface area contributed by atoms with Crippen LogP contribution in [0.1, 0.15) is 18.9 Å². The minimum absolute atomic E-state index is 0.322. The van der Waals surface area contributed by atoms with Gasteiger partial charge in [0.15, 0.2) is 0 Å². The number of halogens is 1. The summed E-state index contributed by atoms with van der Waals surface area (Å²) in [7, 11) is 0. The zero-order valence-electron chi connectivity index (χ0n) is 9.78.